The van der Waals surface area contributed by atoms with Crippen LogP contribution in [0, 0.1) is 0 Å². The van der Waals surface area contributed by atoms with Crippen molar-refractivity contribution in [1.29, 1.82) is 0 Å². The summed E-state index contributed by atoms with van der Waals surface area (Å²) in [4.78, 5) is 0. The van der Waals surface area contributed by atoms with Crippen LogP contribution in [0.2, 0.25) is 0 Å². The van der Waals surface area contributed by atoms with Crippen LogP contribution in [0.5, 0.6) is 0 Å². The minimum Gasteiger partial charge on any atom is -0.460 e. The first-order valence-corrected chi connectivity index (χ1v) is 9.50. The van der Waals surface area contributed by atoms with Crippen LogP contribution in [-0.4, -0.2) is 0 Å². The number of hydrogen-bond acceptors (Lipinski definition) is 2. The number of anilines is 2. The van der Waals surface area contributed by atoms with Gasteiger partial charge in [0, 0.05) is 36.2 Å². The van der Waals surface area contributed by atoms with Gasteiger partial charge in [0.05, 0.1) is 0 Å². The number of aryl methyl sites for hydroxylation is 1. The van der Waals surface area contributed by atoms with Crippen molar-refractivity contribution in [3.8, 4) is 0 Å². The SMILES string of the molecule is C1=CCC=C(c2ccc(Nc3ccc4c5c(oc4c3)CCC=C5)cc2)C=C1.[HH]. The van der Waals surface area contributed by atoms with Crippen LogP contribution in [-0.2, 0) is 6.42 Å². The van der Waals surface area contributed by atoms with Crippen LogP contribution in [0.3, 0.4) is 0 Å². The van der Waals surface area contributed by atoms with E-state index in [2.05, 4.69) is 90.3 Å². The van der Waals surface area contributed by atoms with Crippen LogP contribution in [0.25, 0.3) is 22.6 Å². The normalized spacial score (nSPS) is 15.5. The zero-order chi connectivity index (χ0) is 18.1. The number of furan rings is 1. The van der Waals surface area contributed by atoms with E-state index >= 15 is 0 Å². The Labute approximate surface area is 160 Å². The Morgan fingerprint density at radius 1 is 0.889 bits per heavy atom. The Bertz CT molecular complexity index is 1110. The van der Waals surface area contributed by atoms with Gasteiger partial charge in [0.1, 0.15) is 11.3 Å². The van der Waals surface area contributed by atoms with Crippen molar-refractivity contribution in [3.05, 3.63) is 95.8 Å². The van der Waals surface area contributed by atoms with Gasteiger partial charge in [0.15, 0.2) is 0 Å². The summed E-state index contributed by atoms with van der Waals surface area (Å²) in [6.07, 6.45) is 18.2. The number of rotatable bonds is 3. The molecule has 0 bridgehead atoms. The minimum absolute atomic E-state index is 0. The first-order valence-electron chi connectivity index (χ1n) is 9.50. The van der Waals surface area contributed by atoms with Gasteiger partial charge < -0.3 is 9.73 Å². The molecule has 0 radical (unpaired) electrons. The maximum absolute atomic E-state index is 6.07. The van der Waals surface area contributed by atoms with E-state index in [0.717, 1.165) is 42.0 Å². The van der Waals surface area contributed by atoms with Crippen LogP contribution in [0.1, 0.15) is 31.2 Å². The van der Waals surface area contributed by atoms with Crippen molar-refractivity contribution in [2.75, 3.05) is 5.32 Å². The molecular formula is C25H23NO. The van der Waals surface area contributed by atoms with Crippen molar-refractivity contribution in [1.82, 2.24) is 0 Å². The highest BCUT2D eigenvalue weighted by atomic mass is 16.3. The number of nitrogens with one attached hydrogen (secondary N) is 1. The van der Waals surface area contributed by atoms with E-state index in [1.807, 2.05) is 0 Å². The van der Waals surface area contributed by atoms with Crippen molar-refractivity contribution >= 4 is 34.0 Å². The molecule has 2 heteroatoms. The fraction of sp³-hybridized carbons (Fsp3) is 0.120. The monoisotopic (exact) mass is 353 g/mol. The van der Waals surface area contributed by atoms with Gasteiger partial charge in [-0.1, -0.05) is 54.7 Å². The lowest BCUT2D eigenvalue weighted by Gasteiger charge is -2.08. The third kappa shape index (κ3) is 3.15. The Hall–Kier alpha value is -3.26. The first-order chi connectivity index (χ1) is 13.4. The third-order valence-corrected chi connectivity index (χ3v) is 5.13. The second-order valence-electron chi connectivity index (χ2n) is 6.98. The molecule has 1 N–H and O–H groups in total. The maximum Gasteiger partial charge on any atom is 0.136 e. The van der Waals surface area contributed by atoms with E-state index in [4.69, 9.17) is 4.42 Å². The summed E-state index contributed by atoms with van der Waals surface area (Å²) in [5.74, 6) is 1.10. The summed E-state index contributed by atoms with van der Waals surface area (Å²) < 4.78 is 6.07. The van der Waals surface area contributed by atoms with Gasteiger partial charge in [-0.05, 0) is 48.2 Å². The predicted octanol–water partition coefficient (Wildman–Crippen LogP) is 7.28. The van der Waals surface area contributed by atoms with E-state index in [1.165, 1.54) is 22.1 Å². The summed E-state index contributed by atoms with van der Waals surface area (Å²) in [6, 6.07) is 15.0. The molecule has 0 saturated heterocycles. The number of hydrogen-bond donors (Lipinski definition) is 1. The molecule has 1 aromatic heterocycles. The standard InChI is InChI=1S/C25H21NO.H2/c1-2-4-8-18(7-3-1)19-11-13-20(14-12-19)26-21-15-16-23-22-9-5-6-10-24(22)27-25(23)17-21;/h1-3,5,7-9,11-17,26H,4,6,10H2;1H. The molecule has 0 spiro atoms. The van der Waals surface area contributed by atoms with Crippen molar-refractivity contribution < 1.29 is 5.84 Å². The molecular weight excluding hydrogens is 330 g/mol. The zero-order valence-electron chi connectivity index (χ0n) is 15.1. The molecule has 5 rings (SSSR count). The summed E-state index contributed by atoms with van der Waals surface area (Å²) in [5, 5.41) is 4.69. The lowest BCUT2D eigenvalue weighted by atomic mass is 10.0. The molecule has 0 amide bonds. The third-order valence-electron chi connectivity index (χ3n) is 5.13. The molecule has 0 saturated carbocycles. The van der Waals surface area contributed by atoms with E-state index in [1.54, 1.807) is 0 Å². The molecule has 0 unspecified atom stereocenters. The smallest absolute Gasteiger partial charge is 0.136 e. The van der Waals surface area contributed by atoms with Crippen LogP contribution in [0.4, 0.5) is 11.4 Å². The van der Waals surface area contributed by atoms with Crippen molar-refractivity contribution in [2.24, 2.45) is 0 Å². The summed E-state index contributed by atoms with van der Waals surface area (Å²) >= 11 is 0. The lowest BCUT2D eigenvalue weighted by Crippen LogP contribution is -1.91. The van der Waals surface area contributed by atoms with E-state index in [9.17, 15) is 0 Å². The summed E-state index contributed by atoms with van der Waals surface area (Å²) in [7, 11) is 0. The minimum atomic E-state index is 0. The van der Waals surface area contributed by atoms with Gasteiger partial charge in [-0.2, -0.15) is 0 Å². The number of benzene rings is 2. The fourth-order valence-electron chi connectivity index (χ4n) is 3.74. The van der Waals surface area contributed by atoms with E-state index in [0.29, 0.717) is 0 Å². The lowest BCUT2D eigenvalue weighted by molar-refractivity contribution is 0.546. The summed E-state index contributed by atoms with van der Waals surface area (Å²) in [5.41, 5.74) is 6.82. The Morgan fingerprint density at radius 3 is 2.70 bits per heavy atom. The Kier molecular flexibility index (Phi) is 4.02. The van der Waals surface area contributed by atoms with Crippen LogP contribution in [0.15, 0.2) is 83.3 Å². The van der Waals surface area contributed by atoms with Gasteiger partial charge in [-0.3, -0.25) is 0 Å². The number of fused-ring (bicyclic) bond motifs is 3. The second-order valence-corrected chi connectivity index (χ2v) is 6.98. The van der Waals surface area contributed by atoms with Crippen molar-refractivity contribution in [2.45, 2.75) is 19.3 Å². The van der Waals surface area contributed by atoms with Gasteiger partial charge in [0.25, 0.3) is 0 Å². The average Bonchev–Trinajstić information content (AvgIpc) is 2.87. The molecule has 134 valence electrons. The van der Waals surface area contributed by atoms with Gasteiger partial charge in [-0.15, -0.1) is 0 Å². The maximum atomic E-state index is 6.07. The molecule has 2 aromatic carbocycles. The molecule has 0 fully saturated rings. The highest BCUT2D eigenvalue weighted by Gasteiger charge is 2.14. The quantitative estimate of drug-likeness (QED) is 0.535. The van der Waals surface area contributed by atoms with Crippen LogP contribution >= 0.6 is 0 Å². The fourth-order valence-corrected chi connectivity index (χ4v) is 3.74. The van der Waals surface area contributed by atoms with Gasteiger partial charge >= 0.3 is 0 Å². The molecule has 1 heterocycles. The number of allylic oxidation sites excluding steroid dienone is 7. The van der Waals surface area contributed by atoms with E-state index < -0.39 is 0 Å². The topological polar surface area (TPSA) is 25.2 Å². The van der Waals surface area contributed by atoms with Crippen LogP contribution < -0.4 is 5.32 Å². The zero-order valence-corrected chi connectivity index (χ0v) is 15.1. The van der Waals surface area contributed by atoms with Gasteiger partial charge in [0.2, 0.25) is 0 Å². The second kappa shape index (κ2) is 6.81. The van der Waals surface area contributed by atoms with Crippen molar-refractivity contribution in [3.63, 3.8) is 0 Å². The molecule has 3 aromatic rings. The molecule has 0 atom stereocenters. The Balaban J connectivity index is 0.00000192. The predicted molar refractivity (Wildman–Crippen MR) is 116 cm³/mol. The summed E-state index contributed by atoms with van der Waals surface area (Å²) in [6.45, 7) is 0. The highest BCUT2D eigenvalue weighted by Crippen LogP contribution is 2.33. The molecule has 2 nitrogen and oxygen atoms in total. The van der Waals surface area contributed by atoms with E-state index in [-0.39, 0.29) is 1.43 Å². The highest BCUT2D eigenvalue weighted by molar-refractivity contribution is 5.91. The molecule has 0 aliphatic heterocycles. The Morgan fingerprint density at radius 2 is 1.78 bits per heavy atom. The average molecular weight is 353 g/mol. The molecule has 2 aliphatic rings. The molecule has 27 heavy (non-hydrogen) atoms. The van der Waals surface area contributed by atoms with Gasteiger partial charge in [-0.25, -0.2) is 0 Å². The first kappa shape index (κ1) is 16.0. The molecule has 2 aliphatic carbocycles. The largest absolute Gasteiger partial charge is 0.460 e.